The van der Waals surface area contributed by atoms with Crippen LogP contribution in [-0.2, 0) is 16.0 Å². The van der Waals surface area contributed by atoms with E-state index in [0.717, 1.165) is 12.0 Å². The molecule has 0 aliphatic carbocycles. The van der Waals surface area contributed by atoms with Crippen LogP contribution in [0.25, 0.3) is 0 Å². The first-order valence-electron chi connectivity index (χ1n) is 9.66. The lowest BCUT2D eigenvalue weighted by molar-refractivity contribution is -0.124. The maximum Gasteiger partial charge on any atom is 0.475 e. The van der Waals surface area contributed by atoms with E-state index in [4.69, 9.17) is 16.3 Å². The van der Waals surface area contributed by atoms with Gasteiger partial charge in [-0.05, 0) is 49.1 Å². The minimum atomic E-state index is -1.72. The number of benzene rings is 2. The van der Waals surface area contributed by atoms with Gasteiger partial charge in [0.05, 0.1) is 12.5 Å². The molecule has 0 bridgehead atoms. The zero-order valence-electron chi connectivity index (χ0n) is 16.8. The first-order chi connectivity index (χ1) is 14.4. The van der Waals surface area contributed by atoms with Crippen molar-refractivity contribution in [3.8, 4) is 0 Å². The molecule has 2 amide bonds. The Morgan fingerprint density at radius 2 is 1.73 bits per heavy atom. The van der Waals surface area contributed by atoms with Crippen LogP contribution >= 0.6 is 11.6 Å². The number of ether oxygens (including phenoxy) is 1. The van der Waals surface area contributed by atoms with Crippen LogP contribution < -0.4 is 10.6 Å². The summed E-state index contributed by atoms with van der Waals surface area (Å²) in [4.78, 5) is 25.1. The standard InChI is InChI=1S/C21H26BClN2O5/c1-30-14-18(24-20(26)16-10-12-17(23)13-11-16)21(27)25-19(22(28)29)9-5-8-15-6-3-2-4-7-15/h2-4,6-7,10-13,18-19,28-29H,5,8-9,14H2,1H3,(H,24,26)(H,25,27). The summed E-state index contributed by atoms with van der Waals surface area (Å²) in [6.07, 6.45) is 1.76. The highest BCUT2D eigenvalue weighted by Gasteiger charge is 2.29. The summed E-state index contributed by atoms with van der Waals surface area (Å²) >= 11 is 5.83. The maximum absolute atomic E-state index is 12.7. The van der Waals surface area contributed by atoms with Crippen molar-refractivity contribution in [3.63, 3.8) is 0 Å². The summed E-state index contributed by atoms with van der Waals surface area (Å²) in [5, 5.41) is 25.0. The van der Waals surface area contributed by atoms with Crippen molar-refractivity contribution in [2.24, 2.45) is 0 Å². The molecular formula is C21H26BClN2O5. The predicted molar refractivity (Wildman–Crippen MR) is 116 cm³/mol. The van der Waals surface area contributed by atoms with Crippen LogP contribution in [0.5, 0.6) is 0 Å². The number of carbonyl (C=O) groups is 2. The lowest BCUT2D eigenvalue weighted by atomic mass is 9.76. The topological polar surface area (TPSA) is 108 Å². The van der Waals surface area contributed by atoms with Gasteiger partial charge in [0.2, 0.25) is 5.91 Å². The van der Waals surface area contributed by atoms with Gasteiger partial charge < -0.3 is 25.4 Å². The lowest BCUT2D eigenvalue weighted by Crippen LogP contribution is -2.55. The second kappa shape index (κ2) is 12.3. The second-order valence-electron chi connectivity index (χ2n) is 6.89. The van der Waals surface area contributed by atoms with E-state index in [0.29, 0.717) is 23.4 Å². The summed E-state index contributed by atoms with van der Waals surface area (Å²) in [6.45, 7) is -0.0660. The summed E-state index contributed by atoms with van der Waals surface area (Å²) in [7, 11) is -0.313. The molecule has 0 fully saturated rings. The Morgan fingerprint density at radius 3 is 2.33 bits per heavy atom. The first-order valence-corrected chi connectivity index (χ1v) is 10.0. The molecule has 30 heavy (non-hydrogen) atoms. The average molecular weight is 433 g/mol. The van der Waals surface area contributed by atoms with Gasteiger partial charge in [0.15, 0.2) is 0 Å². The van der Waals surface area contributed by atoms with Gasteiger partial charge >= 0.3 is 7.12 Å². The van der Waals surface area contributed by atoms with Gasteiger partial charge in [0, 0.05) is 17.7 Å². The number of nitrogens with one attached hydrogen (secondary N) is 2. The molecule has 2 unspecified atom stereocenters. The molecule has 2 rings (SSSR count). The van der Waals surface area contributed by atoms with Gasteiger partial charge in [-0.3, -0.25) is 9.59 Å². The van der Waals surface area contributed by atoms with Crippen molar-refractivity contribution < 1.29 is 24.4 Å². The highest BCUT2D eigenvalue weighted by molar-refractivity contribution is 6.43. The lowest BCUT2D eigenvalue weighted by Gasteiger charge is -2.23. The molecule has 0 aliphatic rings. The third-order valence-corrected chi connectivity index (χ3v) is 4.82. The Hall–Kier alpha value is -2.39. The number of carbonyl (C=O) groups excluding carboxylic acids is 2. The molecule has 2 aromatic carbocycles. The summed E-state index contributed by atoms with van der Waals surface area (Å²) in [5.41, 5.74) is 1.47. The van der Waals surface area contributed by atoms with Gasteiger partial charge in [-0.15, -0.1) is 0 Å². The molecule has 2 aromatic rings. The zero-order chi connectivity index (χ0) is 21.9. The molecule has 9 heteroatoms. The third-order valence-electron chi connectivity index (χ3n) is 4.57. The van der Waals surface area contributed by atoms with E-state index in [1.165, 1.54) is 7.11 Å². The molecule has 0 saturated heterocycles. The average Bonchev–Trinajstić information content (AvgIpc) is 2.73. The second-order valence-corrected chi connectivity index (χ2v) is 7.33. The molecular weight excluding hydrogens is 407 g/mol. The maximum atomic E-state index is 12.7. The molecule has 7 nitrogen and oxygen atoms in total. The Kier molecular flexibility index (Phi) is 9.83. The van der Waals surface area contributed by atoms with Crippen LogP contribution in [0.4, 0.5) is 0 Å². The summed E-state index contributed by atoms with van der Waals surface area (Å²) in [6, 6.07) is 15.0. The number of halogens is 1. The number of methoxy groups -OCH3 is 1. The van der Waals surface area contributed by atoms with E-state index in [9.17, 15) is 19.6 Å². The number of rotatable bonds is 11. The van der Waals surface area contributed by atoms with E-state index in [2.05, 4.69) is 10.6 Å². The van der Waals surface area contributed by atoms with Crippen molar-refractivity contribution >= 4 is 30.5 Å². The molecule has 0 saturated carbocycles. The fourth-order valence-corrected chi connectivity index (χ4v) is 3.07. The van der Waals surface area contributed by atoms with E-state index >= 15 is 0 Å². The van der Waals surface area contributed by atoms with E-state index in [1.54, 1.807) is 24.3 Å². The molecule has 0 spiro atoms. The Morgan fingerprint density at radius 1 is 1.07 bits per heavy atom. The molecule has 4 N–H and O–H groups in total. The van der Waals surface area contributed by atoms with Crippen LogP contribution in [-0.4, -0.2) is 54.7 Å². The van der Waals surface area contributed by atoms with Crippen LogP contribution in [0, 0.1) is 0 Å². The van der Waals surface area contributed by atoms with Crippen molar-refractivity contribution in [2.45, 2.75) is 31.2 Å². The van der Waals surface area contributed by atoms with Crippen molar-refractivity contribution in [1.29, 1.82) is 0 Å². The van der Waals surface area contributed by atoms with Gasteiger partial charge in [-0.1, -0.05) is 41.9 Å². The highest BCUT2D eigenvalue weighted by Crippen LogP contribution is 2.10. The predicted octanol–water partition coefficient (Wildman–Crippen LogP) is 1.60. The first kappa shape index (κ1) is 23.9. The zero-order valence-corrected chi connectivity index (χ0v) is 17.5. The van der Waals surface area contributed by atoms with Crippen LogP contribution in [0.3, 0.4) is 0 Å². The fraction of sp³-hybridized carbons (Fsp3) is 0.333. The van der Waals surface area contributed by atoms with Crippen molar-refractivity contribution in [1.82, 2.24) is 10.6 Å². The highest BCUT2D eigenvalue weighted by atomic mass is 35.5. The smallest absolute Gasteiger partial charge is 0.426 e. The third kappa shape index (κ3) is 7.80. The number of hydrogen-bond donors (Lipinski definition) is 4. The van der Waals surface area contributed by atoms with Gasteiger partial charge in [-0.25, -0.2) is 0 Å². The summed E-state index contributed by atoms with van der Waals surface area (Å²) in [5.74, 6) is -1.89. The van der Waals surface area contributed by atoms with E-state index in [-0.39, 0.29) is 6.61 Å². The molecule has 2 atom stereocenters. The van der Waals surface area contributed by atoms with Crippen LogP contribution in [0.1, 0.15) is 28.8 Å². The molecule has 0 heterocycles. The minimum absolute atomic E-state index is 0.0660. The van der Waals surface area contributed by atoms with Gasteiger partial charge in [0.25, 0.3) is 5.91 Å². The number of hydrogen-bond acceptors (Lipinski definition) is 5. The Balaban J connectivity index is 1.94. The Labute approximate surface area is 181 Å². The summed E-state index contributed by atoms with van der Waals surface area (Å²) < 4.78 is 5.04. The fourth-order valence-electron chi connectivity index (χ4n) is 2.94. The molecule has 0 radical (unpaired) electrons. The van der Waals surface area contributed by atoms with Crippen molar-refractivity contribution in [3.05, 3.63) is 70.7 Å². The normalized spacial score (nSPS) is 12.7. The SMILES string of the molecule is COCC(NC(=O)c1ccc(Cl)cc1)C(=O)NC(CCCc1ccccc1)B(O)O. The monoisotopic (exact) mass is 432 g/mol. The Bertz CT molecular complexity index is 805. The minimum Gasteiger partial charge on any atom is -0.426 e. The number of amides is 2. The molecule has 0 aromatic heterocycles. The van der Waals surface area contributed by atoms with E-state index in [1.807, 2.05) is 30.3 Å². The molecule has 160 valence electrons. The van der Waals surface area contributed by atoms with Gasteiger partial charge in [0.1, 0.15) is 6.04 Å². The van der Waals surface area contributed by atoms with E-state index < -0.39 is 30.9 Å². The van der Waals surface area contributed by atoms with Gasteiger partial charge in [-0.2, -0.15) is 0 Å². The van der Waals surface area contributed by atoms with Crippen LogP contribution in [0.15, 0.2) is 54.6 Å². The largest absolute Gasteiger partial charge is 0.475 e. The quantitative estimate of drug-likeness (QED) is 0.403. The van der Waals surface area contributed by atoms with Crippen LogP contribution in [0.2, 0.25) is 5.02 Å². The number of aryl methyl sites for hydroxylation is 1. The van der Waals surface area contributed by atoms with Crippen molar-refractivity contribution in [2.75, 3.05) is 13.7 Å². The molecule has 0 aliphatic heterocycles.